The van der Waals surface area contributed by atoms with Gasteiger partial charge in [0.15, 0.2) is 0 Å². The van der Waals surface area contributed by atoms with Crippen molar-refractivity contribution in [1.82, 2.24) is 0 Å². The van der Waals surface area contributed by atoms with Gasteiger partial charge in [-0.2, -0.15) is 0 Å². The molecule has 0 radical (unpaired) electrons. The molecule has 0 saturated heterocycles. The van der Waals surface area contributed by atoms with Crippen molar-refractivity contribution in [3.8, 4) is 5.75 Å². The lowest BCUT2D eigenvalue weighted by Crippen LogP contribution is -2.37. The Hall–Kier alpha value is -0.770. The van der Waals surface area contributed by atoms with Gasteiger partial charge in [0, 0.05) is 5.54 Å². The smallest absolute Gasteiger partial charge is 0.138 e. The predicted octanol–water partition coefficient (Wildman–Crippen LogP) is 2.78. The van der Waals surface area contributed by atoms with Gasteiger partial charge in [-0.05, 0) is 38.5 Å². The Labute approximate surface area is 108 Å². The number of aryl methyl sites for hydroxylation is 1. The van der Waals surface area contributed by atoms with E-state index in [4.69, 9.17) is 26.8 Å². The molecular formula is C13H20ClNO2. The standard InChI is InChI=1S/C13H20ClNO2/c1-10-4-5-11(14)12(8-10)17-7-6-16-9-13(2,3)15/h4-5,8H,6-7,9,15H2,1-3H3. The summed E-state index contributed by atoms with van der Waals surface area (Å²) >= 11 is 6.00. The van der Waals surface area contributed by atoms with Gasteiger partial charge in [0.25, 0.3) is 0 Å². The molecule has 2 N–H and O–H groups in total. The number of benzene rings is 1. The van der Waals surface area contributed by atoms with Gasteiger partial charge in [-0.15, -0.1) is 0 Å². The van der Waals surface area contributed by atoms with Crippen molar-refractivity contribution in [3.05, 3.63) is 28.8 Å². The second-order valence-corrected chi connectivity index (χ2v) is 5.23. The highest BCUT2D eigenvalue weighted by molar-refractivity contribution is 6.32. The zero-order valence-electron chi connectivity index (χ0n) is 10.6. The van der Waals surface area contributed by atoms with Crippen molar-refractivity contribution in [2.75, 3.05) is 19.8 Å². The normalized spacial score (nSPS) is 11.6. The molecule has 0 heterocycles. The molecule has 0 amide bonds. The molecule has 1 aromatic rings. The molecule has 0 aromatic heterocycles. The van der Waals surface area contributed by atoms with Crippen molar-refractivity contribution in [1.29, 1.82) is 0 Å². The Morgan fingerprint density at radius 3 is 2.65 bits per heavy atom. The van der Waals surface area contributed by atoms with Gasteiger partial charge < -0.3 is 15.2 Å². The van der Waals surface area contributed by atoms with Crippen LogP contribution < -0.4 is 10.5 Å². The number of ether oxygens (including phenoxy) is 2. The largest absolute Gasteiger partial charge is 0.490 e. The summed E-state index contributed by atoms with van der Waals surface area (Å²) < 4.78 is 10.9. The summed E-state index contributed by atoms with van der Waals surface area (Å²) in [7, 11) is 0. The Balaban J connectivity index is 2.29. The summed E-state index contributed by atoms with van der Waals surface area (Å²) in [6, 6.07) is 5.69. The van der Waals surface area contributed by atoms with Crippen LogP contribution in [0.2, 0.25) is 5.02 Å². The fourth-order valence-electron chi connectivity index (χ4n) is 1.27. The van der Waals surface area contributed by atoms with Crippen LogP contribution in [0.15, 0.2) is 18.2 Å². The summed E-state index contributed by atoms with van der Waals surface area (Å²) in [5.74, 6) is 0.697. The van der Waals surface area contributed by atoms with E-state index in [0.29, 0.717) is 30.6 Å². The second-order valence-electron chi connectivity index (χ2n) is 4.82. The first-order valence-electron chi connectivity index (χ1n) is 5.64. The maximum atomic E-state index is 6.00. The minimum absolute atomic E-state index is 0.305. The van der Waals surface area contributed by atoms with Gasteiger partial charge in [0.2, 0.25) is 0 Å². The summed E-state index contributed by atoms with van der Waals surface area (Å²) in [5.41, 5.74) is 6.60. The van der Waals surface area contributed by atoms with Crippen molar-refractivity contribution >= 4 is 11.6 Å². The molecule has 1 aromatic carbocycles. The van der Waals surface area contributed by atoms with E-state index in [1.807, 2.05) is 39.0 Å². The minimum atomic E-state index is -0.305. The van der Waals surface area contributed by atoms with Crippen LogP contribution in [0.3, 0.4) is 0 Å². The van der Waals surface area contributed by atoms with Gasteiger partial charge in [-0.3, -0.25) is 0 Å². The molecular weight excluding hydrogens is 238 g/mol. The first kappa shape index (κ1) is 14.3. The topological polar surface area (TPSA) is 44.5 Å². The molecule has 17 heavy (non-hydrogen) atoms. The van der Waals surface area contributed by atoms with Gasteiger partial charge in [-0.25, -0.2) is 0 Å². The third-order valence-electron chi connectivity index (χ3n) is 2.05. The average Bonchev–Trinajstić information content (AvgIpc) is 2.21. The van der Waals surface area contributed by atoms with Crippen molar-refractivity contribution < 1.29 is 9.47 Å². The Kier molecular flexibility index (Phi) is 5.25. The van der Waals surface area contributed by atoms with E-state index in [2.05, 4.69) is 0 Å². The van der Waals surface area contributed by atoms with E-state index in [1.165, 1.54) is 0 Å². The van der Waals surface area contributed by atoms with Gasteiger partial charge in [0.1, 0.15) is 12.4 Å². The Bertz CT molecular complexity index is 361. The molecule has 0 bridgehead atoms. The third kappa shape index (κ3) is 5.91. The summed E-state index contributed by atoms with van der Waals surface area (Å²) in [6.45, 7) is 7.33. The maximum absolute atomic E-state index is 6.00. The molecule has 0 aliphatic heterocycles. The summed E-state index contributed by atoms with van der Waals surface area (Å²) in [5, 5.41) is 0.620. The van der Waals surface area contributed by atoms with Crippen molar-refractivity contribution in [2.45, 2.75) is 26.3 Å². The molecule has 0 spiro atoms. The molecule has 0 saturated carbocycles. The highest BCUT2D eigenvalue weighted by atomic mass is 35.5. The van der Waals surface area contributed by atoms with E-state index in [9.17, 15) is 0 Å². The predicted molar refractivity (Wildman–Crippen MR) is 70.8 cm³/mol. The molecule has 0 unspecified atom stereocenters. The highest BCUT2D eigenvalue weighted by Crippen LogP contribution is 2.24. The van der Waals surface area contributed by atoms with Crippen LogP contribution in [0, 0.1) is 6.92 Å². The lowest BCUT2D eigenvalue weighted by Gasteiger charge is -2.18. The average molecular weight is 258 g/mol. The lowest BCUT2D eigenvalue weighted by molar-refractivity contribution is 0.0724. The van der Waals surface area contributed by atoms with E-state index in [1.54, 1.807) is 0 Å². The van der Waals surface area contributed by atoms with E-state index < -0.39 is 0 Å². The first-order valence-corrected chi connectivity index (χ1v) is 6.02. The van der Waals surface area contributed by atoms with Crippen LogP contribution in [-0.4, -0.2) is 25.4 Å². The quantitative estimate of drug-likeness (QED) is 0.797. The van der Waals surface area contributed by atoms with Crippen LogP contribution in [0.25, 0.3) is 0 Å². The molecule has 0 fully saturated rings. The van der Waals surface area contributed by atoms with E-state index in [0.717, 1.165) is 5.56 Å². The fraction of sp³-hybridized carbons (Fsp3) is 0.538. The van der Waals surface area contributed by atoms with E-state index >= 15 is 0 Å². The highest BCUT2D eigenvalue weighted by Gasteiger charge is 2.10. The van der Waals surface area contributed by atoms with Crippen LogP contribution >= 0.6 is 11.6 Å². The molecule has 96 valence electrons. The van der Waals surface area contributed by atoms with Crippen molar-refractivity contribution in [3.63, 3.8) is 0 Å². The fourth-order valence-corrected chi connectivity index (χ4v) is 1.44. The first-order chi connectivity index (χ1) is 7.88. The molecule has 0 aliphatic rings. The third-order valence-corrected chi connectivity index (χ3v) is 2.36. The minimum Gasteiger partial charge on any atom is -0.490 e. The molecule has 0 atom stereocenters. The van der Waals surface area contributed by atoms with Gasteiger partial charge in [-0.1, -0.05) is 17.7 Å². The Morgan fingerprint density at radius 2 is 2.00 bits per heavy atom. The molecule has 3 nitrogen and oxygen atoms in total. The van der Waals surface area contributed by atoms with Gasteiger partial charge >= 0.3 is 0 Å². The lowest BCUT2D eigenvalue weighted by atomic mass is 10.1. The summed E-state index contributed by atoms with van der Waals surface area (Å²) in [6.07, 6.45) is 0. The number of hydrogen-bond acceptors (Lipinski definition) is 3. The molecule has 0 aliphatic carbocycles. The molecule has 4 heteroatoms. The molecule has 1 rings (SSSR count). The zero-order chi connectivity index (χ0) is 12.9. The SMILES string of the molecule is Cc1ccc(Cl)c(OCCOCC(C)(C)N)c1. The van der Waals surface area contributed by atoms with E-state index in [-0.39, 0.29) is 5.54 Å². The zero-order valence-corrected chi connectivity index (χ0v) is 11.4. The number of halogens is 1. The van der Waals surface area contributed by atoms with Gasteiger partial charge in [0.05, 0.1) is 18.2 Å². The van der Waals surface area contributed by atoms with Crippen LogP contribution in [0.4, 0.5) is 0 Å². The monoisotopic (exact) mass is 257 g/mol. The van der Waals surface area contributed by atoms with Crippen molar-refractivity contribution in [2.24, 2.45) is 5.73 Å². The van der Waals surface area contributed by atoms with Crippen LogP contribution in [0.5, 0.6) is 5.75 Å². The maximum Gasteiger partial charge on any atom is 0.138 e. The summed E-state index contributed by atoms with van der Waals surface area (Å²) in [4.78, 5) is 0. The van der Waals surface area contributed by atoms with Crippen LogP contribution in [-0.2, 0) is 4.74 Å². The second kappa shape index (κ2) is 6.24. The van der Waals surface area contributed by atoms with Crippen LogP contribution in [0.1, 0.15) is 19.4 Å². The Morgan fingerprint density at radius 1 is 1.29 bits per heavy atom. The number of nitrogens with two attached hydrogens (primary N) is 1. The number of rotatable bonds is 6. The number of hydrogen-bond donors (Lipinski definition) is 1.